The van der Waals surface area contributed by atoms with Crippen LogP contribution in [0.2, 0.25) is 0 Å². The van der Waals surface area contributed by atoms with E-state index in [0.717, 1.165) is 32.1 Å². The molecule has 0 aliphatic heterocycles. The highest BCUT2D eigenvalue weighted by Gasteiger charge is 2.33. The number of aliphatic hydroxyl groups excluding tert-OH is 1. The number of pyridine rings is 1. The molecule has 0 saturated heterocycles. The van der Waals surface area contributed by atoms with Gasteiger partial charge in [-0.05, 0) is 12.8 Å². The molecule has 20 heavy (non-hydrogen) atoms. The first-order valence-electron chi connectivity index (χ1n) is 6.77. The highest BCUT2D eigenvalue weighted by atomic mass is 32.2. The second kappa shape index (κ2) is 6.07. The van der Waals surface area contributed by atoms with E-state index in [0.29, 0.717) is 0 Å². The quantitative estimate of drug-likeness (QED) is 0.741. The summed E-state index contributed by atoms with van der Waals surface area (Å²) >= 11 is 0. The summed E-state index contributed by atoms with van der Waals surface area (Å²) in [4.78, 5) is 13.9. The van der Waals surface area contributed by atoms with Gasteiger partial charge < -0.3 is 10.1 Å². The van der Waals surface area contributed by atoms with Crippen LogP contribution in [0.25, 0.3) is 0 Å². The van der Waals surface area contributed by atoms with E-state index in [1.54, 1.807) is 0 Å². The summed E-state index contributed by atoms with van der Waals surface area (Å²) < 4.78 is 26.8. The van der Waals surface area contributed by atoms with E-state index in [9.17, 15) is 18.3 Å². The monoisotopic (exact) mass is 300 g/mol. The number of sulfonamides is 1. The molecule has 6 nitrogen and oxygen atoms in total. The minimum atomic E-state index is -3.84. The Hall–Kier alpha value is -1.18. The molecule has 0 amide bonds. The topological polar surface area (TPSA) is 99.3 Å². The van der Waals surface area contributed by atoms with Crippen LogP contribution in [-0.4, -0.2) is 31.7 Å². The molecule has 1 heterocycles. The van der Waals surface area contributed by atoms with Crippen LogP contribution in [0.4, 0.5) is 0 Å². The Labute approximate surface area is 118 Å². The molecule has 0 spiro atoms. The maximum atomic E-state index is 12.1. The molecule has 1 aliphatic rings. The minimum Gasteiger partial charge on any atom is -0.396 e. The molecular formula is C13H20N2O4S. The third-order valence-corrected chi connectivity index (χ3v) is 5.39. The predicted octanol–water partition coefficient (Wildman–Crippen LogP) is 0.596. The molecule has 7 heteroatoms. The molecule has 1 aromatic rings. The number of hydrogen-bond donors (Lipinski definition) is 3. The van der Waals surface area contributed by atoms with E-state index >= 15 is 0 Å². The average Bonchev–Trinajstić information content (AvgIpc) is 2.47. The Kier molecular flexibility index (Phi) is 4.62. The van der Waals surface area contributed by atoms with Crippen molar-refractivity contribution < 1.29 is 13.5 Å². The molecule has 1 aromatic heterocycles. The number of aromatic nitrogens is 1. The first kappa shape index (κ1) is 15.2. The van der Waals surface area contributed by atoms with Gasteiger partial charge in [0.25, 0.3) is 0 Å². The molecule has 1 fully saturated rings. The summed E-state index contributed by atoms with van der Waals surface area (Å²) in [7, 11) is -3.84. The highest BCUT2D eigenvalue weighted by molar-refractivity contribution is 7.89. The Morgan fingerprint density at radius 2 is 2.00 bits per heavy atom. The SMILES string of the molecule is O=c1cc[nH]cc1S(=O)(=O)NCC1(CO)CCCCC1. The number of hydrogen-bond acceptors (Lipinski definition) is 4. The first-order chi connectivity index (χ1) is 9.49. The zero-order valence-corrected chi connectivity index (χ0v) is 12.1. The molecule has 1 aliphatic carbocycles. The number of H-pyrrole nitrogens is 1. The zero-order valence-electron chi connectivity index (χ0n) is 11.3. The summed E-state index contributed by atoms with van der Waals surface area (Å²) in [6.07, 6.45) is 7.28. The fourth-order valence-corrected chi connectivity index (χ4v) is 3.84. The second-order valence-electron chi connectivity index (χ2n) is 5.42. The summed E-state index contributed by atoms with van der Waals surface area (Å²) in [5, 5.41) is 9.56. The average molecular weight is 300 g/mol. The predicted molar refractivity (Wildman–Crippen MR) is 74.9 cm³/mol. The number of aliphatic hydroxyl groups is 1. The molecule has 0 bridgehead atoms. The molecule has 112 valence electrons. The van der Waals surface area contributed by atoms with Crippen molar-refractivity contribution in [3.8, 4) is 0 Å². The van der Waals surface area contributed by atoms with E-state index < -0.39 is 20.9 Å². The van der Waals surface area contributed by atoms with Gasteiger partial charge in [0.15, 0.2) is 0 Å². The molecule has 1 saturated carbocycles. The van der Waals surface area contributed by atoms with Crippen molar-refractivity contribution in [2.75, 3.05) is 13.2 Å². The first-order valence-corrected chi connectivity index (χ1v) is 8.25. The van der Waals surface area contributed by atoms with Crippen LogP contribution in [0.5, 0.6) is 0 Å². The summed E-state index contributed by atoms with van der Waals surface area (Å²) in [5.74, 6) is 0. The number of nitrogens with one attached hydrogen (secondary N) is 2. The fraction of sp³-hybridized carbons (Fsp3) is 0.615. The third kappa shape index (κ3) is 3.28. The van der Waals surface area contributed by atoms with Gasteiger partial charge in [0, 0.05) is 37.0 Å². The molecule has 0 atom stereocenters. The van der Waals surface area contributed by atoms with Gasteiger partial charge in [-0.2, -0.15) is 0 Å². The van der Waals surface area contributed by atoms with Crippen LogP contribution >= 0.6 is 0 Å². The standard InChI is InChI=1S/C13H20N2O4S/c16-10-13(5-2-1-3-6-13)9-15-20(18,19)12-8-14-7-4-11(12)17/h4,7-8,15-16H,1-3,5-6,9-10H2,(H,14,17). The van der Waals surface area contributed by atoms with Crippen molar-refractivity contribution in [3.05, 3.63) is 28.7 Å². The van der Waals surface area contributed by atoms with Gasteiger partial charge in [0.1, 0.15) is 4.90 Å². The van der Waals surface area contributed by atoms with Gasteiger partial charge in [-0.15, -0.1) is 0 Å². The lowest BCUT2D eigenvalue weighted by Gasteiger charge is -2.35. The highest BCUT2D eigenvalue weighted by Crippen LogP contribution is 2.35. The lowest BCUT2D eigenvalue weighted by Crippen LogP contribution is -2.42. The van der Waals surface area contributed by atoms with Gasteiger partial charge in [-0.25, -0.2) is 13.1 Å². The van der Waals surface area contributed by atoms with Crippen molar-refractivity contribution in [3.63, 3.8) is 0 Å². The molecule has 0 aromatic carbocycles. The molecule has 0 unspecified atom stereocenters. The van der Waals surface area contributed by atoms with Gasteiger partial charge in [0.05, 0.1) is 0 Å². The van der Waals surface area contributed by atoms with E-state index in [4.69, 9.17) is 0 Å². The van der Waals surface area contributed by atoms with Crippen LogP contribution in [0.15, 0.2) is 28.2 Å². The maximum absolute atomic E-state index is 12.1. The molecule has 0 radical (unpaired) electrons. The van der Waals surface area contributed by atoms with Crippen LogP contribution in [0.3, 0.4) is 0 Å². The largest absolute Gasteiger partial charge is 0.396 e. The van der Waals surface area contributed by atoms with Crippen molar-refractivity contribution in [2.45, 2.75) is 37.0 Å². The van der Waals surface area contributed by atoms with Crippen molar-refractivity contribution in [1.29, 1.82) is 0 Å². The number of rotatable bonds is 5. The molecule has 3 N–H and O–H groups in total. The second-order valence-corrected chi connectivity index (χ2v) is 7.15. The Balaban J connectivity index is 2.13. The van der Waals surface area contributed by atoms with Crippen molar-refractivity contribution in [2.24, 2.45) is 5.41 Å². The molecular weight excluding hydrogens is 280 g/mol. The van der Waals surface area contributed by atoms with Crippen LogP contribution < -0.4 is 10.2 Å². The van der Waals surface area contributed by atoms with Gasteiger partial charge in [0.2, 0.25) is 15.5 Å². The van der Waals surface area contributed by atoms with Crippen LogP contribution in [-0.2, 0) is 10.0 Å². The number of aromatic amines is 1. The van der Waals surface area contributed by atoms with Gasteiger partial charge in [-0.1, -0.05) is 19.3 Å². The summed E-state index contributed by atoms with van der Waals surface area (Å²) in [5.41, 5.74) is -0.940. The van der Waals surface area contributed by atoms with Gasteiger partial charge >= 0.3 is 0 Å². The van der Waals surface area contributed by atoms with Crippen molar-refractivity contribution >= 4 is 10.0 Å². The smallest absolute Gasteiger partial charge is 0.245 e. The minimum absolute atomic E-state index is 0.0410. The van der Waals surface area contributed by atoms with Gasteiger partial charge in [-0.3, -0.25) is 4.79 Å². The Morgan fingerprint density at radius 3 is 2.60 bits per heavy atom. The maximum Gasteiger partial charge on any atom is 0.245 e. The summed E-state index contributed by atoms with van der Waals surface area (Å²) in [6.45, 7) is 0.126. The lowest BCUT2D eigenvalue weighted by molar-refractivity contribution is 0.0867. The summed E-state index contributed by atoms with van der Waals surface area (Å²) in [6, 6.07) is 1.18. The van der Waals surface area contributed by atoms with E-state index in [1.165, 1.54) is 18.5 Å². The van der Waals surface area contributed by atoms with E-state index in [1.807, 2.05) is 0 Å². The molecule has 2 rings (SSSR count). The van der Waals surface area contributed by atoms with Crippen LogP contribution in [0, 0.1) is 5.41 Å². The van der Waals surface area contributed by atoms with Crippen LogP contribution in [0.1, 0.15) is 32.1 Å². The normalized spacial score (nSPS) is 18.9. The lowest BCUT2D eigenvalue weighted by atomic mass is 9.75. The van der Waals surface area contributed by atoms with E-state index in [2.05, 4.69) is 9.71 Å². The third-order valence-electron chi connectivity index (χ3n) is 3.96. The fourth-order valence-electron chi connectivity index (χ4n) is 2.63. The zero-order chi connectivity index (χ0) is 14.6. The Morgan fingerprint density at radius 1 is 1.30 bits per heavy atom. The Bertz CT molecular complexity index is 603. The van der Waals surface area contributed by atoms with E-state index in [-0.39, 0.29) is 18.0 Å². The van der Waals surface area contributed by atoms with Crippen molar-refractivity contribution in [1.82, 2.24) is 9.71 Å².